The lowest BCUT2D eigenvalue weighted by molar-refractivity contribution is -0.787. The molecule has 1 aliphatic rings. The Hall–Kier alpha value is -3.93. The van der Waals surface area contributed by atoms with Crippen LogP contribution < -0.4 is 20.6 Å². The van der Waals surface area contributed by atoms with Crippen molar-refractivity contribution in [2.24, 2.45) is 0 Å². The molecule has 39 heavy (non-hydrogen) atoms. The van der Waals surface area contributed by atoms with Crippen LogP contribution in [0.3, 0.4) is 0 Å². The van der Waals surface area contributed by atoms with Crippen LogP contribution in [-0.4, -0.2) is 42.2 Å². The van der Waals surface area contributed by atoms with Gasteiger partial charge in [0.05, 0.1) is 12.0 Å². The van der Waals surface area contributed by atoms with Crippen LogP contribution in [0.1, 0.15) is 48.4 Å². The summed E-state index contributed by atoms with van der Waals surface area (Å²) >= 11 is 0. The van der Waals surface area contributed by atoms with Crippen molar-refractivity contribution in [3.05, 3.63) is 65.4 Å². The van der Waals surface area contributed by atoms with Gasteiger partial charge >= 0.3 is 18.1 Å². The third-order valence-corrected chi connectivity index (χ3v) is 6.86. The summed E-state index contributed by atoms with van der Waals surface area (Å²) in [6.07, 6.45) is 0.815. The number of nitrogens with zero attached hydrogens (tertiary/aromatic N) is 3. The maximum atomic E-state index is 13.6. The number of urea groups is 1. The van der Waals surface area contributed by atoms with E-state index in [0.717, 1.165) is 48.9 Å². The van der Waals surface area contributed by atoms with E-state index in [2.05, 4.69) is 26.1 Å². The number of anilines is 3. The fourth-order valence-corrected chi connectivity index (χ4v) is 4.73. The van der Waals surface area contributed by atoms with Crippen molar-refractivity contribution in [3.63, 3.8) is 0 Å². The van der Waals surface area contributed by atoms with Crippen molar-refractivity contribution in [3.8, 4) is 0 Å². The largest absolute Gasteiger partial charge is 0.416 e. The molecular weight excluding hydrogens is 513 g/mol. The Morgan fingerprint density at radius 1 is 1.08 bits per heavy atom. The molecule has 0 saturated heterocycles. The number of rotatable bonds is 7. The minimum Gasteiger partial charge on any atom is -0.326 e. The summed E-state index contributed by atoms with van der Waals surface area (Å²) in [7, 11) is 4.07. The van der Waals surface area contributed by atoms with E-state index in [9.17, 15) is 22.8 Å². The number of nitrogens with one attached hydrogen (secondary N) is 3. The Bertz CT molecular complexity index is 1320. The quantitative estimate of drug-likeness (QED) is 0.356. The molecule has 3 N–H and O–H groups in total. The Morgan fingerprint density at radius 3 is 2.49 bits per heavy atom. The highest BCUT2D eigenvalue weighted by atomic mass is 19.4. The molecule has 1 fully saturated rings. The molecule has 9 nitrogen and oxygen atoms in total. The van der Waals surface area contributed by atoms with Crippen molar-refractivity contribution < 1.29 is 32.0 Å². The molecule has 0 aliphatic heterocycles. The van der Waals surface area contributed by atoms with Gasteiger partial charge in [0, 0.05) is 30.3 Å². The van der Waals surface area contributed by atoms with Gasteiger partial charge in [-0.15, -0.1) is 0 Å². The van der Waals surface area contributed by atoms with E-state index < -0.39 is 23.7 Å². The number of carbonyl (C=O) groups is 2. The number of carbonyl (C=O) groups excluding carboxylic acids is 2. The van der Waals surface area contributed by atoms with Gasteiger partial charge in [-0.25, -0.2) is 4.79 Å². The predicted octanol–water partition coefficient (Wildman–Crippen LogP) is 5.16. The number of hydrogen-bond donors (Lipinski definition) is 3. The lowest BCUT2D eigenvalue weighted by Gasteiger charge is -2.29. The molecule has 2 atom stereocenters. The second kappa shape index (κ2) is 11.9. The van der Waals surface area contributed by atoms with Crippen LogP contribution in [0, 0.1) is 6.92 Å². The highest BCUT2D eigenvalue weighted by Crippen LogP contribution is 2.33. The molecule has 1 aromatic heterocycles. The van der Waals surface area contributed by atoms with Gasteiger partial charge in [-0.2, -0.15) is 13.2 Å². The summed E-state index contributed by atoms with van der Waals surface area (Å²) < 4.78 is 47.6. The zero-order chi connectivity index (χ0) is 28.2. The second-order valence-corrected chi connectivity index (χ2v) is 10.0. The van der Waals surface area contributed by atoms with Gasteiger partial charge < -0.3 is 15.5 Å². The zero-order valence-corrected chi connectivity index (χ0v) is 22.0. The lowest BCUT2D eigenvalue weighted by Crippen LogP contribution is -2.46. The van der Waals surface area contributed by atoms with E-state index in [1.54, 1.807) is 23.0 Å². The second-order valence-electron chi connectivity index (χ2n) is 10.0. The van der Waals surface area contributed by atoms with Gasteiger partial charge in [0.2, 0.25) is 11.2 Å². The molecule has 1 saturated carbocycles. The first kappa shape index (κ1) is 28.1. The van der Waals surface area contributed by atoms with E-state index >= 15 is 0 Å². The maximum Gasteiger partial charge on any atom is 0.416 e. The van der Waals surface area contributed by atoms with Crippen LogP contribution in [0.15, 0.2) is 53.2 Å². The van der Waals surface area contributed by atoms with E-state index in [1.807, 2.05) is 33.2 Å². The van der Waals surface area contributed by atoms with Crippen molar-refractivity contribution in [2.45, 2.75) is 57.3 Å². The number of amides is 3. The third-order valence-electron chi connectivity index (χ3n) is 6.86. The summed E-state index contributed by atoms with van der Waals surface area (Å²) in [5.41, 5.74) is 0.391. The van der Waals surface area contributed by atoms with Crippen LogP contribution >= 0.6 is 0 Å². The molecule has 0 spiro atoms. The number of halogens is 3. The van der Waals surface area contributed by atoms with Gasteiger partial charge in [0.25, 0.3) is 6.20 Å². The zero-order valence-electron chi connectivity index (χ0n) is 22.0. The Balaban J connectivity index is 1.43. The molecule has 12 heteroatoms. The first-order chi connectivity index (χ1) is 18.5. The predicted molar refractivity (Wildman–Crippen MR) is 139 cm³/mol. The highest BCUT2D eigenvalue weighted by molar-refractivity contribution is 6.00. The van der Waals surface area contributed by atoms with E-state index in [0.29, 0.717) is 6.04 Å². The minimum atomic E-state index is -4.69. The van der Waals surface area contributed by atoms with Crippen molar-refractivity contribution in [1.29, 1.82) is 0 Å². The van der Waals surface area contributed by atoms with Crippen LogP contribution in [0.5, 0.6) is 0 Å². The van der Waals surface area contributed by atoms with Crippen molar-refractivity contribution >= 4 is 29.2 Å². The summed E-state index contributed by atoms with van der Waals surface area (Å²) in [6, 6.07) is 9.83. The van der Waals surface area contributed by atoms with Gasteiger partial charge in [-0.1, -0.05) is 24.3 Å². The summed E-state index contributed by atoms with van der Waals surface area (Å²) in [6.45, 7) is 1.85. The average molecular weight is 546 g/mol. The molecule has 0 unspecified atom stereocenters. The van der Waals surface area contributed by atoms with Crippen LogP contribution in [0.2, 0.25) is 0 Å². The van der Waals surface area contributed by atoms with E-state index in [-0.39, 0.29) is 29.7 Å². The van der Waals surface area contributed by atoms with Gasteiger partial charge in [0.15, 0.2) is 6.04 Å². The maximum absolute atomic E-state index is 13.6. The topological polar surface area (TPSA) is 103 Å². The molecule has 208 valence electrons. The van der Waals surface area contributed by atoms with Crippen molar-refractivity contribution in [2.75, 3.05) is 30.0 Å². The smallest absolute Gasteiger partial charge is 0.326 e. The summed E-state index contributed by atoms with van der Waals surface area (Å²) in [4.78, 5) is 27.3. The van der Waals surface area contributed by atoms with E-state index in [1.165, 1.54) is 6.07 Å². The van der Waals surface area contributed by atoms with Gasteiger partial charge in [-0.3, -0.25) is 14.6 Å². The Kier molecular flexibility index (Phi) is 8.54. The van der Waals surface area contributed by atoms with Gasteiger partial charge in [0.1, 0.15) is 0 Å². The summed E-state index contributed by atoms with van der Waals surface area (Å²) in [5, 5.41) is 11.4. The molecule has 1 aliphatic carbocycles. The molecule has 4 rings (SSSR count). The fourth-order valence-electron chi connectivity index (χ4n) is 4.73. The molecular formula is C27H32F3N6O3+. The average Bonchev–Trinajstić information content (AvgIpc) is 3.33. The molecule has 2 aromatic carbocycles. The lowest BCUT2D eigenvalue weighted by atomic mass is 9.90. The highest BCUT2D eigenvalue weighted by Gasteiger charge is 2.33. The third kappa shape index (κ3) is 7.56. The normalized spacial score (nSPS) is 17.6. The molecule has 1 heterocycles. The molecule has 3 aromatic rings. The standard InChI is InChI=1S/C27H31F3N6O3/c1-17-7-4-5-8-18(17)11-24(37)31-20-12-19(27(28,29)30)13-21(14-20)32-26(38)33-25-16-36(34-39-25)23-10-6-9-22(15-23)35(2)3/h4-5,7-8,12-14,16,22-23H,6,9-11,15H2,1-3H3,(H2-,31,32,33,34,37,38)/p+1/t22-,23+/m0/s1. The number of hydrogen-bond acceptors (Lipinski definition) is 5. The number of alkyl halides is 3. The molecule has 0 radical (unpaired) electrons. The first-order valence-corrected chi connectivity index (χ1v) is 12.7. The van der Waals surface area contributed by atoms with Crippen LogP contribution in [0.25, 0.3) is 0 Å². The van der Waals surface area contributed by atoms with Gasteiger partial charge in [-0.05, 0) is 67.9 Å². The Labute approximate surface area is 224 Å². The van der Waals surface area contributed by atoms with E-state index in [4.69, 9.17) is 4.52 Å². The van der Waals surface area contributed by atoms with Crippen LogP contribution in [-0.2, 0) is 17.4 Å². The molecule has 3 amide bonds. The Morgan fingerprint density at radius 2 is 1.79 bits per heavy atom. The van der Waals surface area contributed by atoms with Crippen molar-refractivity contribution in [1.82, 2.24) is 10.2 Å². The SMILES string of the molecule is Cc1ccccc1CC(=O)Nc1cc(NC(=O)Nc2c[n+]([C@@H]3CCC[C@H](N(C)C)C3)no2)cc(C(F)(F)F)c1. The number of aromatic nitrogens is 2. The summed E-state index contributed by atoms with van der Waals surface area (Å²) in [5.74, 6) is -0.428. The minimum absolute atomic E-state index is 0.00601. The fraction of sp³-hybridized carbons (Fsp3) is 0.407. The van der Waals surface area contributed by atoms with Crippen LogP contribution in [0.4, 0.5) is 35.2 Å². The number of aryl methyl sites for hydroxylation is 1. The monoisotopic (exact) mass is 545 g/mol. The molecule has 0 bridgehead atoms. The first-order valence-electron chi connectivity index (χ1n) is 12.7. The number of benzene rings is 2.